The highest BCUT2D eigenvalue weighted by Gasteiger charge is 2.18. The lowest BCUT2D eigenvalue weighted by Gasteiger charge is -2.11. The van der Waals surface area contributed by atoms with Gasteiger partial charge in [0.15, 0.2) is 17.5 Å². The second kappa shape index (κ2) is 8.96. The maximum atomic E-state index is 6.21. The topological polar surface area (TPSA) is 67.8 Å². The number of fused-ring (bicyclic) bond motifs is 1. The summed E-state index contributed by atoms with van der Waals surface area (Å²) >= 11 is 12.0. The van der Waals surface area contributed by atoms with Gasteiger partial charge in [0.1, 0.15) is 5.15 Å². The average molecular weight is 395 g/mol. The van der Waals surface area contributed by atoms with Crippen molar-refractivity contribution in [2.24, 2.45) is 4.99 Å². The van der Waals surface area contributed by atoms with Crippen molar-refractivity contribution in [3.63, 3.8) is 0 Å². The Labute approximate surface area is 162 Å². The number of nitrogens with zero attached hydrogens (tertiary/aromatic N) is 2. The predicted molar refractivity (Wildman–Crippen MR) is 103 cm³/mol. The molecule has 1 aliphatic heterocycles. The molecule has 26 heavy (non-hydrogen) atoms. The Hall–Kier alpha value is -2.18. The average Bonchev–Trinajstić information content (AvgIpc) is 3.10. The van der Waals surface area contributed by atoms with Crippen molar-refractivity contribution in [3.8, 4) is 11.5 Å². The van der Waals surface area contributed by atoms with Crippen LogP contribution in [-0.2, 0) is 13.0 Å². The Bertz CT molecular complexity index is 782. The highest BCUT2D eigenvalue weighted by Crippen LogP contribution is 2.39. The molecule has 2 N–H and O–H groups in total. The SMILES string of the molecule is CCNC(=NCc1cc(Cl)c2c(c1)OCO2)NCCc1ccc(Cl)nc1. The molecule has 0 atom stereocenters. The smallest absolute Gasteiger partial charge is 0.231 e. The molecule has 138 valence electrons. The molecule has 8 heteroatoms. The molecule has 0 saturated carbocycles. The zero-order valence-electron chi connectivity index (χ0n) is 14.4. The third-order valence-electron chi connectivity index (χ3n) is 3.75. The van der Waals surface area contributed by atoms with Gasteiger partial charge in [-0.2, -0.15) is 0 Å². The zero-order valence-corrected chi connectivity index (χ0v) is 15.9. The van der Waals surface area contributed by atoms with Gasteiger partial charge in [0.05, 0.1) is 11.6 Å². The third kappa shape index (κ3) is 4.93. The lowest BCUT2D eigenvalue weighted by atomic mass is 10.2. The maximum Gasteiger partial charge on any atom is 0.231 e. The highest BCUT2D eigenvalue weighted by atomic mass is 35.5. The van der Waals surface area contributed by atoms with E-state index in [1.54, 1.807) is 12.3 Å². The summed E-state index contributed by atoms with van der Waals surface area (Å²) in [7, 11) is 0. The second-order valence-electron chi connectivity index (χ2n) is 5.67. The molecule has 3 rings (SSSR count). The summed E-state index contributed by atoms with van der Waals surface area (Å²) in [5, 5.41) is 7.58. The molecule has 1 aromatic carbocycles. The first kappa shape index (κ1) is 18.6. The molecule has 0 aliphatic carbocycles. The van der Waals surface area contributed by atoms with Crippen molar-refractivity contribution in [1.82, 2.24) is 15.6 Å². The van der Waals surface area contributed by atoms with Crippen molar-refractivity contribution in [1.29, 1.82) is 0 Å². The second-order valence-corrected chi connectivity index (χ2v) is 6.47. The van der Waals surface area contributed by atoms with E-state index in [1.807, 2.05) is 25.1 Å². The van der Waals surface area contributed by atoms with Gasteiger partial charge >= 0.3 is 0 Å². The molecule has 0 saturated heterocycles. The normalized spacial score (nSPS) is 13.0. The van der Waals surface area contributed by atoms with Crippen molar-refractivity contribution < 1.29 is 9.47 Å². The summed E-state index contributed by atoms with van der Waals surface area (Å²) in [6.45, 7) is 4.21. The Morgan fingerprint density at radius 2 is 2.08 bits per heavy atom. The number of ether oxygens (including phenoxy) is 2. The van der Waals surface area contributed by atoms with Crippen LogP contribution in [0.4, 0.5) is 0 Å². The monoisotopic (exact) mass is 394 g/mol. The minimum Gasteiger partial charge on any atom is -0.454 e. The van der Waals surface area contributed by atoms with Crippen molar-refractivity contribution in [2.45, 2.75) is 19.9 Å². The molecule has 0 spiro atoms. The van der Waals surface area contributed by atoms with E-state index in [0.717, 1.165) is 36.6 Å². The minimum absolute atomic E-state index is 0.200. The van der Waals surface area contributed by atoms with E-state index in [0.29, 0.717) is 28.2 Å². The molecular weight excluding hydrogens is 375 g/mol. The van der Waals surface area contributed by atoms with Crippen LogP contribution >= 0.6 is 23.2 Å². The van der Waals surface area contributed by atoms with Gasteiger partial charge in [-0.25, -0.2) is 9.98 Å². The van der Waals surface area contributed by atoms with Crippen molar-refractivity contribution in [2.75, 3.05) is 19.9 Å². The van der Waals surface area contributed by atoms with Gasteiger partial charge in [0.2, 0.25) is 6.79 Å². The summed E-state index contributed by atoms with van der Waals surface area (Å²) < 4.78 is 10.7. The summed E-state index contributed by atoms with van der Waals surface area (Å²) in [5.41, 5.74) is 2.07. The summed E-state index contributed by atoms with van der Waals surface area (Å²) in [6, 6.07) is 7.51. The van der Waals surface area contributed by atoms with E-state index in [1.165, 1.54) is 0 Å². The van der Waals surface area contributed by atoms with Crippen LogP contribution in [0, 0.1) is 0 Å². The maximum absolute atomic E-state index is 6.21. The first-order valence-corrected chi connectivity index (χ1v) is 9.12. The largest absolute Gasteiger partial charge is 0.454 e. The van der Waals surface area contributed by atoms with Crippen molar-refractivity contribution >= 4 is 29.2 Å². The van der Waals surface area contributed by atoms with E-state index >= 15 is 0 Å². The molecule has 2 aromatic rings. The number of nitrogens with one attached hydrogen (secondary N) is 2. The number of aliphatic imine (C=N–C) groups is 1. The molecule has 1 aliphatic rings. The number of guanidine groups is 1. The Morgan fingerprint density at radius 3 is 2.85 bits per heavy atom. The number of benzene rings is 1. The number of pyridine rings is 1. The Balaban J connectivity index is 1.58. The van der Waals surface area contributed by atoms with Crippen LogP contribution in [-0.4, -0.2) is 30.8 Å². The van der Waals surface area contributed by atoms with Gasteiger partial charge in [-0.1, -0.05) is 29.3 Å². The number of aromatic nitrogens is 1. The third-order valence-corrected chi connectivity index (χ3v) is 4.25. The molecule has 0 amide bonds. The molecule has 0 bridgehead atoms. The standard InChI is InChI=1S/C18H20Cl2N4O2/c1-2-21-18(22-6-5-12-3-4-16(20)23-9-12)24-10-13-7-14(19)17-15(8-13)25-11-26-17/h3-4,7-9H,2,5-6,10-11H2,1H3,(H2,21,22,24). The summed E-state index contributed by atoms with van der Waals surface area (Å²) in [5.74, 6) is 2.00. The van der Waals surface area contributed by atoms with Gasteiger partial charge in [-0.15, -0.1) is 0 Å². The van der Waals surface area contributed by atoms with E-state index in [-0.39, 0.29) is 6.79 Å². The minimum atomic E-state index is 0.200. The number of rotatable bonds is 6. The molecule has 1 aromatic heterocycles. The molecule has 6 nitrogen and oxygen atoms in total. The van der Waals surface area contributed by atoms with E-state index in [9.17, 15) is 0 Å². The molecule has 0 unspecified atom stereocenters. The summed E-state index contributed by atoms with van der Waals surface area (Å²) in [6.07, 6.45) is 2.60. The van der Waals surface area contributed by atoms with Gasteiger partial charge < -0.3 is 20.1 Å². The lowest BCUT2D eigenvalue weighted by Crippen LogP contribution is -2.38. The number of halogens is 2. The number of hydrogen-bond donors (Lipinski definition) is 2. The van der Waals surface area contributed by atoms with Crippen LogP contribution in [0.15, 0.2) is 35.5 Å². The van der Waals surface area contributed by atoms with Gasteiger partial charge in [0, 0.05) is 19.3 Å². The first-order chi connectivity index (χ1) is 12.7. The van der Waals surface area contributed by atoms with Gasteiger partial charge in [0.25, 0.3) is 0 Å². The fourth-order valence-corrected chi connectivity index (χ4v) is 2.90. The quantitative estimate of drug-likeness (QED) is 0.446. The molecular formula is C18H20Cl2N4O2. The Morgan fingerprint density at radius 1 is 1.19 bits per heavy atom. The molecule has 2 heterocycles. The van der Waals surface area contributed by atoms with Crippen LogP contribution in [0.5, 0.6) is 11.5 Å². The van der Waals surface area contributed by atoms with E-state index in [4.69, 9.17) is 32.7 Å². The predicted octanol–water partition coefficient (Wildman–Crippen LogP) is 3.41. The summed E-state index contributed by atoms with van der Waals surface area (Å²) in [4.78, 5) is 8.68. The van der Waals surface area contributed by atoms with Crippen molar-refractivity contribution in [3.05, 3.63) is 51.8 Å². The first-order valence-electron chi connectivity index (χ1n) is 8.36. The van der Waals surface area contributed by atoms with Gasteiger partial charge in [-0.3, -0.25) is 0 Å². The van der Waals surface area contributed by atoms with Gasteiger partial charge in [-0.05, 0) is 42.7 Å². The van der Waals surface area contributed by atoms with E-state index < -0.39 is 0 Å². The highest BCUT2D eigenvalue weighted by molar-refractivity contribution is 6.32. The van der Waals surface area contributed by atoms with Crippen LogP contribution in [0.3, 0.4) is 0 Å². The van der Waals surface area contributed by atoms with Crippen LogP contribution < -0.4 is 20.1 Å². The lowest BCUT2D eigenvalue weighted by molar-refractivity contribution is 0.174. The Kier molecular flexibility index (Phi) is 6.41. The number of hydrogen-bond acceptors (Lipinski definition) is 4. The zero-order chi connectivity index (χ0) is 18.4. The molecule has 0 radical (unpaired) electrons. The van der Waals surface area contributed by atoms with E-state index in [2.05, 4.69) is 20.6 Å². The van der Waals surface area contributed by atoms with Crippen LogP contribution in [0.2, 0.25) is 10.2 Å². The molecule has 0 fully saturated rings. The van der Waals surface area contributed by atoms with Crippen LogP contribution in [0.25, 0.3) is 0 Å². The fourth-order valence-electron chi connectivity index (χ4n) is 2.50. The van der Waals surface area contributed by atoms with Crippen LogP contribution in [0.1, 0.15) is 18.1 Å². The fraction of sp³-hybridized carbons (Fsp3) is 0.333.